The van der Waals surface area contributed by atoms with Crippen molar-refractivity contribution in [3.05, 3.63) is 63.6 Å². The van der Waals surface area contributed by atoms with E-state index in [-0.39, 0.29) is 11.9 Å². The normalized spacial score (nSPS) is 12.4. The lowest BCUT2D eigenvalue weighted by Crippen LogP contribution is -2.25. The van der Waals surface area contributed by atoms with E-state index >= 15 is 0 Å². The van der Waals surface area contributed by atoms with Gasteiger partial charge >= 0.3 is 0 Å². The molecule has 0 aliphatic carbocycles. The Morgan fingerprint density at radius 2 is 2.10 bits per heavy atom. The summed E-state index contributed by atoms with van der Waals surface area (Å²) >= 11 is 3.26. The monoisotopic (exact) mass is 336 g/mol. The van der Waals surface area contributed by atoms with Crippen LogP contribution in [0, 0.1) is 12.7 Å². The number of nitrogens with zero attached hydrogens (tertiary/aromatic N) is 1. The van der Waals surface area contributed by atoms with E-state index < -0.39 is 0 Å². The van der Waals surface area contributed by atoms with Crippen LogP contribution in [0.1, 0.15) is 36.1 Å². The van der Waals surface area contributed by atoms with Gasteiger partial charge in [-0.05, 0) is 59.1 Å². The van der Waals surface area contributed by atoms with Crippen molar-refractivity contribution in [3.8, 4) is 0 Å². The molecule has 0 aliphatic rings. The molecule has 0 saturated carbocycles. The Bertz CT molecular complexity index is 586. The largest absolute Gasteiger partial charge is 0.306 e. The van der Waals surface area contributed by atoms with Gasteiger partial charge in [-0.2, -0.15) is 0 Å². The molecule has 0 bridgehead atoms. The van der Waals surface area contributed by atoms with Gasteiger partial charge in [-0.25, -0.2) is 4.39 Å². The first-order chi connectivity index (χ1) is 9.65. The van der Waals surface area contributed by atoms with Crippen molar-refractivity contribution >= 4 is 15.9 Å². The smallest absolute Gasteiger partial charge is 0.142 e. The van der Waals surface area contributed by atoms with Crippen molar-refractivity contribution in [1.82, 2.24) is 10.3 Å². The van der Waals surface area contributed by atoms with Crippen LogP contribution in [0.4, 0.5) is 4.39 Å². The average molecular weight is 337 g/mol. The minimum Gasteiger partial charge on any atom is -0.306 e. The number of aryl methyl sites for hydroxylation is 1. The molecule has 106 valence electrons. The van der Waals surface area contributed by atoms with Gasteiger partial charge in [-0.15, -0.1) is 0 Å². The molecule has 0 spiro atoms. The number of aromatic nitrogens is 1. The lowest BCUT2D eigenvalue weighted by molar-refractivity contribution is 0.541. The Morgan fingerprint density at radius 1 is 1.30 bits per heavy atom. The van der Waals surface area contributed by atoms with Crippen LogP contribution in [0.2, 0.25) is 0 Å². The molecule has 1 heterocycles. The van der Waals surface area contributed by atoms with E-state index in [4.69, 9.17) is 0 Å². The molecule has 0 saturated heterocycles. The van der Waals surface area contributed by atoms with Crippen LogP contribution < -0.4 is 5.32 Å². The maximum absolute atomic E-state index is 14.4. The number of hydrogen-bond acceptors (Lipinski definition) is 2. The molecule has 0 fully saturated rings. The van der Waals surface area contributed by atoms with Gasteiger partial charge in [0, 0.05) is 18.0 Å². The van der Waals surface area contributed by atoms with Gasteiger partial charge in [0.25, 0.3) is 0 Å². The van der Waals surface area contributed by atoms with E-state index in [0.717, 1.165) is 24.1 Å². The average Bonchev–Trinajstić information content (AvgIpc) is 2.45. The zero-order chi connectivity index (χ0) is 14.5. The molecular formula is C16H18BrFN2. The molecule has 1 aromatic carbocycles. The first-order valence-electron chi connectivity index (χ1n) is 6.73. The second-order valence-corrected chi connectivity index (χ2v) is 5.62. The number of benzene rings is 1. The van der Waals surface area contributed by atoms with Gasteiger partial charge in [0.15, 0.2) is 0 Å². The fraction of sp³-hybridized carbons (Fsp3) is 0.312. The Kier molecular flexibility index (Phi) is 5.26. The maximum atomic E-state index is 14.4. The number of rotatable bonds is 5. The highest BCUT2D eigenvalue weighted by molar-refractivity contribution is 9.10. The summed E-state index contributed by atoms with van der Waals surface area (Å²) in [5, 5.41) is 3.41. The van der Waals surface area contributed by atoms with E-state index in [2.05, 4.69) is 33.2 Å². The Labute approximate surface area is 127 Å². The molecule has 1 aromatic heterocycles. The van der Waals surface area contributed by atoms with Crippen molar-refractivity contribution in [1.29, 1.82) is 0 Å². The van der Waals surface area contributed by atoms with Crippen LogP contribution in [0.25, 0.3) is 0 Å². The molecule has 1 atom stereocenters. The summed E-state index contributed by atoms with van der Waals surface area (Å²) in [7, 11) is 0. The molecule has 2 aromatic rings. The third-order valence-corrected chi connectivity index (χ3v) is 3.89. The fourth-order valence-electron chi connectivity index (χ4n) is 2.20. The van der Waals surface area contributed by atoms with Crippen LogP contribution in [0.15, 0.2) is 41.1 Å². The predicted molar refractivity (Wildman–Crippen MR) is 83.2 cm³/mol. The lowest BCUT2D eigenvalue weighted by atomic mass is 9.96. The van der Waals surface area contributed by atoms with E-state index in [9.17, 15) is 4.39 Å². The Morgan fingerprint density at radius 3 is 2.80 bits per heavy atom. The predicted octanol–water partition coefficient (Wildman–Crippen LogP) is 4.38. The number of nitrogens with one attached hydrogen (secondary N) is 1. The third-order valence-electron chi connectivity index (χ3n) is 3.28. The summed E-state index contributed by atoms with van der Waals surface area (Å²) in [6.07, 6.45) is 4.56. The van der Waals surface area contributed by atoms with Crippen LogP contribution >= 0.6 is 15.9 Å². The minimum absolute atomic E-state index is 0.179. The second kappa shape index (κ2) is 6.95. The molecule has 0 amide bonds. The van der Waals surface area contributed by atoms with Gasteiger partial charge in [-0.1, -0.05) is 19.1 Å². The first kappa shape index (κ1) is 15.1. The van der Waals surface area contributed by atoms with Crippen molar-refractivity contribution < 1.29 is 4.39 Å². The number of hydrogen-bond donors (Lipinski definition) is 1. The summed E-state index contributed by atoms with van der Waals surface area (Å²) in [5.41, 5.74) is 2.76. The van der Waals surface area contributed by atoms with Gasteiger partial charge < -0.3 is 5.32 Å². The van der Waals surface area contributed by atoms with E-state index in [0.29, 0.717) is 10.0 Å². The second-order valence-electron chi connectivity index (χ2n) is 4.76. The van der Waals surface area contributed by atoms with Crippen molar-refractivity contribution in [3.63, 3.8) is 0 Å². The van der Waals surface area contributed by atoms with Crippen molar-refractivity contribution in [2.45, 2.75) is 26.3 Å². The van der Waals surface area contributed by atoms with E-state index in [1.54, 1.807) is 12.3 Å². The standard InChI is InChI=1S/C16H18BrFN2/c1-3-8-20-16(13-10-19-9-7-11(13)2)12-5-4-6-14(17)15(12)18/h4-7,9-10,16,20H,3,8H2,1-2H3. The van der Waals surface area contributed by atoms with Gasteiger partial charge in [0.2, 0.25) is 0 Å². The zero-order valence-corrected chi connectivity index (χ0v) is 13.2. The molecule has 2 nitrogen and oxygen atoms in total. The SMILES string of the molecule is CCCNC(c1cnccc1C)c1cccc(Br)c1F. The molecule has 0 aliphatic heterocycles. The number of halogens is 2. The number of pyridine rings is 1. The van der Waals surface area contributed by atoms with Gasteiger partial charge in [-0.3, -0.25) is 4.98 Å². The molecule has 4 heteroatoms. The Hall–Kier alpha value is -1.26. The summed E-state index contributed by atoms with van der Waals surface area (Å²) in [6, 6.07) is 7.16. The van der Waals surface area contributed by atoms with Gasteiger partial charge in [0.1, 0.15) is 5.82 Å². The molecular weight excluding hydrogens is 319 g/mol. The highest BCUT2D eigenvalue weighted by Crippen LogP contribution is 2.29. The Balaban J connectivity index is 2.47. The molecule has 2 rings (SSSR count). The first-order valence-corrected chi connectivity index (χ1v) is 7.52. The molecule has 1 N–H and O–H groups in total. The van der Waals surface area contributed by atoms with Crippen LogP contribution in [0.3, 0.4) is 0 Å². The fourth-order valence-corrected chi connectivity index (χ4v) is 2.58. The highest BCUT2D eigenvalue weighted by atomic mass is 79.9. The van der Waals surface area contributed by atoms with Crippen LogP contribution in [-0.4, -0.2) is 11.5 Å². The van der Waals surface area contributed by atoms with E-state index in [1.165, 1.54) is 0 Å². The van der Waals surface area contributed by atoms with Crippen molar-refractivity contribution in [2.24, 2.45) is 0 Å². The van der Waals surface area contributed by atoms with Crippen molar-refractivity contribution in [2.75, 3.05) is 6.54 Å². The van der Waals surface area contributed by atoms with Crippen LogP contribution in [0.5, 0.6) is 0 Å². The molecule has 20 heavy (non-hydrogen) atoms. The van der Waals surface area contributed by atoms with Crippen LogP contribution in [-0.2, 0) is 0 Å². The summed E-state index contributed by atoms with van der Waals surface area (Å²) in [5.74, 6) is -0.218. The van der Waals surface area contributed by atoms with Gasteiger partial charge in [0.05, 0.1) is 10.5 Å². The minimum atomic E-state index is -0.218. The third kappa shape index (κ3) is 3.25. The molecule has 0 radical (unpaired) electrons. The maximum Gasteiger partial charge on any atom is 0.142 e. The summed E-state index contributed by atoms with van der Waals surface area (Å²) in [4.78, 5) is 4.18. The topological polar surface area (TPSA) is 24.9 Å². The highest BCUT2D eigenvalue weighted by Gasteiger charge is 2.20. The molecule has 1 unspecified atom stereocenters. The van der Waals surface area contributed by atoms with E-state index in [1.807, 2.05) is 31.3 Å². The zero-order valence-electron chi connectivity index (χ0n) is 11.7. The summed E-state index contributed by atoms with van der Waals surface area (Å²) < 4.78 is 14.9. The quantitative estimate of drug-likeness (QED) is 0.876. The lowest BCUT2D eigenvalue weighted by Gasteiger charge is -2.22. The summed E-state index contributed by atoms with van der Waals surface area (Å²) in [6.45, 7) is 4.94.